The summed E-state index contributed by atoms with van der Waals surface area (Å²) in [5.74, 6) is 1.36. The van der Waals surface area contributed by atoms with Crippen LogP contribution in [0.3, 0.4) is 0 Å². The van der Waals surface area contributed by atoms with Crippen LogP contribution in [0, 0.1) is 25.2 Å². The lowest BCUT2D eigenvalue weighted by molar-refractivity contribution is 0.395. The van der Waals surface area contributed by atoms with Crippen molar-refractivity contribution in [3.05, 3.63) is 41.2 Å². The molecule has 0 unspecified atom stereocenters. The number of aryl methyl sites for hydroxylation is 2. The van der Waals surface area contributed by atoms with Gasteiger partial charge in [0.2, 0.25) is 0 Å². The molecule has 21 heavy (non-hydrogen) atoms. The maximum atomic E-state index is 9.29. The van der Waals surface area contributed by atoms with Crippen LogP contribution in [0.5, 0.6) is 11.5 Å². The molecule has 5 heteroatoms. The van der Waals surface area contributed by atoms with Crippen molar-refractivity contribution in [3.8, 4) is 17.6 Å². The molecule has 2 rings (SSSR count). The van der Waals surface area contributed by atoms with Crippen molar-refractivity contribution in [3.63, 3.8) is 0 Å². The molecule has 0 saturated heterocycles. The van der Waals surface area contributed by atoms with Gasteiger partial charge in [0.25, 0.3) is 0 Å². The Morgan fingerprint density at radius 3 is 2.19 bits per heavy atom. The van der Waals surface area contributed by atoms with E-state index in [0.29, 0.717) is 22.8 Å². The predicted molar refractivity (Wildman–Crippen MR) is 81.3 cm³/mol. The van der Waals surface area contributed by atoms with Crippen molar-refractivity contribution in [1.29, 1.82) is 5.26 Å². The molecule has 0 fully saturated rings. The van der Waals surface area contributed by atoms with Crippen LogP contribution in [0.25, 0.3) is 0 Å². The molecule has 0 spiro atoms. The van der Waals surface area contributed by atoms with E-state index >= 15 is 0 Å². The number of methoxy groups -OCH3 is 2. The van der Waals surface area contributed by atoms with Gasteiger partial charge in [0.05, 0.1) is 31.2 Å². The molecular formula is C16H17N3O2. The van der Waals surface area contributed by atoms with Gasteiger partial charge in [-0.15, -0.1) is 0 Å². The van der Waals surface area contributed by atoms with E-state index in [9.17, 15) is 5.26 Å². The molecule has 108 valence electrons. The van der Waals surface area contributed by atoms with Gasteiger partial charge in [0.1, 0.15) is 17.6 Å². The fourth-order valence-corrected chi connectivity index (χ4v) is 2.10. The second-order valence-electron chi connectivity index (χ2n) is 4.61. The number of rotatable bonds is 4. The van der Waals surface area contributed by atoms with E-state index < -0.39 is 0 Å². The zero-order chi connectivity index (χ0) is 15.4. The monoisotopic (exact) mass is 283 g/mol. The molecule has 0 bridgehead atoms. The molecule has 1 aromatic heterocycles. The Labute approximate surface area is 124 Å². The summed E-state index contributed by atoms with van der Waals surface area (Å²) < 4.78 is 10.5. The number of ether oxygens (including phenoxy) is 2. The van der Waals surface area contributed by atoms with Crippen LogP contribution in [0.1, 0.15) is 17.0 Å². The highest BCUT2D eigenvalue weighted by molar-refractivity contribution is 5.69. The topological polar surface area (TPSA) is 67.2 Å². The second kappa shape index (κ2) is 6.14. The summed E-state index contributed by atoms with van der Waals surface area (Å²) in [6.07, 6.45) is 0. The van der Waals surface area contributed by atoms with Crippen molar-refractivity contribution < 1.29 is 9.47 Å². The molecule has 5 nitrogen and oxygen atoms in total. The average molecular weight is 283 g/mol. The molecule has 2 aromatic rings. The molecule has 0 aliphatic carbocycles. The van der Waals surface area contributed by atoms with Crippen molar-refractivity contribution in [2.24, 2.45) is 0 Å². The van der Waals surface area contributed by atoms with Crippen LogP contribution in [0.4, 0.5) is 11.4 Å². The summed E-state index contributed by atoms with van der Waals surface area (Å²) in [5, 5.41) is 12.5. The minimum atomic E-state index is 0.530. The first-order chi connectivity index (χ1) is 10.1. The minimum Gasteiger partial charge on any atom is -0.497 e. The lowest BCUT2D eigenvalue weighted by Gasteiger charge is -2.13. The van der Waals surface area contributed by atoms with Crippen LogP contribution in [0.2, 0.25) is 0 Å². The molecule has 0 aliphatic rings. The van der Waals surface area contributed by atoms with Gasteiger partial charge in [0.15, 0.2) is 0 Å². The van der Waals surface area contributed by atoms with Crippen LogP contribution >= 0.6 is 0 Å². The Hall–Kier alpha value is -2.74. The number of hydrogen-bond acceptors (Lipinski definition) is 5. The fourth-order valence-electron chi connectivity index (χ4n) is 2.10. The van der Waals surface area contributed by atoms with Gasteiger partial charge in [-0.25, -0.2) is 0 Å². The summed E-state index contributed by atoms with van der Waals surface area (Å²) in [4.78, 5) is 4.30. The fraction of sp³-hybridized carbons (Fsp3) is 0.250. The smallest absolute Gasteiger partial charge is 0.124 e. The first-order valence-corrected chi connectivity index (χ1v) is 6.45. The first kappa shape index (κ1) is 14.7. The number of nitriles is 1. The van der Waals surface area contributed by atoms with Gasteiger partial charge in [-0.1, -0.05) is 0 Å². The third-order valence-electron chi connectivity index (χ3n) is 3.07. The van der Waals surface area contributed by atoms with Crippen molar-refractivity contribution in [1.82, 2.24) is 4.98 Å². The molecular weight excluding hydrogens is 266 g/mol. The number of pyridine rings is 1. The Kier molecular flexibility index (Phi) is 4.29. The Morgan fingerprint density at radius 1 is 1.05 bits per heavy atom. The summed E-state index contributed by atoms with van der Waals surface area (Å²) >= 11 is 0. The van der Waals surface area contributed by atoms with Gasteiger partial charge < -0.3 is 14.8 Å². The molecule has 0 radical (unpaired) electrons. The van der Waals surface area contributed by atoms with E-state index in [1.807, 2.05) is 32.0 Å². The van der Waals surface area contributed by atoms with E-state index in [1.54, 1.807) is 20.3 Å². The summed E-state index contributed by atoms with van der Waals surface area (Å²) in [5.41, 5.74) is 3.59. The Balaban J connectivity index is 2.45. The van der Waals surface area contributed by atoms with Crippen molar-refractivity contribution in [2.75, 3.05) is 19.5 Å². The van der Waals surface area contributed by atoms with Crippen LogP contribution in [0.15, 0.2) is 24.3 Å². The van der Waals surface area contributed by atoms with Crippen LogP contribution < -0.4 is 14.8 Å². The second-order valence-corrected chi connectivity index (χ2v) is 4.61. The lowest BCUT2D eigenvalue weighted by Crippen LogP contribution is -2.00. The number of nitrogens with zero attached hydrogens (tertiary/aromatic N) is 2. The van der Waals surface area contributed by atoms with E-state index in [-0.39, 0.29) is 0 Å². The van der Waals surface area contributed by atoms with Gasteiger partial charge in [-0.2, -0.15) is 5.26 Å². The minimum absolute atomic E-state index is 0.530. The average Bonchev–Trinajstić information content (AvgIpc) is 2.46. The summed E-state index contributed by atoms with van der Waals surface area (Å²) in [6, 6.07) is 9.50. The number of anilines is 2. The van der Waals surface area contributed by atoms with E-state index in [0.717, 1.165) is 17.1 Å². The third kappa shape index (κ3) is 3.23. The first-order valence-electron chi connectivity index (χ1n) is 6.45. The number of nitrogens with one attached hydrogen (secondary N) is 1. The summed E-state index contributed by atoms with van der Waals surface area (Å²) in [6.45, 7) is 3.72. The Bertz CT molecular complexity index is 683. The van der Waals surface area contributed by atoms with Crippen LogP contribution in [-0.2, 0) is 0 Å². The standard InChI is InChI=1S/C16H17N3O2/c1-10-5-16(15(9-17)11(2)18-10)19-12-6-13(20-3)8-14(7-12)21-4/h5-8H,1-4H3,(H,18,19). The zero-order valence-electron chi connectivity index (χ0n) is 12.5. The molecule has 0 amide bonds. The maximum Gasteiger partial charge on any atom is 0.124 e. The normalized spacial score (nSPS) is 9.86. The predicted octanol–water partition coefficient (Wildman–Crippen LogP) is 3.33. The quantitative estimate of drug-likeness (QED) is 0.932. The molecule has 1 aromatic carbocycles. The van der Waals surface area contributed by atoms with Crippen molar-refractivity contribution in [2.45, 2.75) is 13.8 Å². The molecule has 0 saturated carbocycles. The largest absolute Gasteiger partial charge is 0.497 e. The lowest BCUT2D eigenvalue weighted by atomic mass is 10.1. The van der Waals surface area contributed by atoms with Gasteiger partial charge >= 0.3 is 0 Å². The highest BCUT2D eigenvalue weighted by atomic mass is 16.5. The Morgan fingerprint density at radius 2 is 1.67 bits per heavy atom. The molecule has 0 aliphatic heterocycles. The van der Waals surface area contributed by atoms with Gasteiger partial charge in [-0.3, -0.25) is 4.98 Å². The molecule has 1 N–H and O–H groups in total. The number of hydrogen-bond donors (Lipinski definition) is 1. The maximum absolute atomic E-state index is 9.29. The zero-order valence-corrected chi connectivity index (χ0v) is 12.5. The number of benzene rings is 1. The van der Waals surface area contributed by atoms with E-state index in [1.165, 1.54) is 0 Å². The molecule has 1 heterocycles. The van der Waals surface area contributed by atoms with E-state index in [4.69, 9.17) is 9.47 Å². The SMILES string of the molecule is COc1cc(Nc2cc(C)nc(C)c2C#N)cc(OC)c1. The van der Waals surface area contributed by atoms with Gasteiger partial charge in [-0.05, 0) is 19.9 Å². The van der Waals surface area contributed by atoms with E-state index in [2.05, 4.69) is 16.4 Å². The summed E-state index contributed by atoms with van der Waals surface area (Å²) in [7, 11) is 3.19. The highest BCUT2D eigenvalue weighted by Gasteiger charge is 2.09. The third-order valence-corrected chi connectivity index (χ3v) is 3.07. The molecule has 0 atom stereocenters. The number of aromatic nitrogens is 1. The van der Waals surface area contributed by atoms with Crippen molar-refractivity contribution >= 4 is 11.4 Å². The van der Waals surface area contributed by atoms with Gasteiger partial charge in [0, 0.05) is 29.6 Å². The highest BCUT2D eigenvalue weighted by Crippen LogP contribution is 2.29. The van der Waals surface area contributed by atoms with Crippen LogP contribution in [-0.4, -0.2) is 19.2 Å².